The molecule has 0 saturated carbocycles. The summed E-state index contributed by atoms with van der Waals surface area (Å²) in [5.41, 5.74) is 3.01. The Kier molecular flexibility index (Phi) is 6.74. The van der Waals surface area contributed by atoms with Gasteiger partial charge < -0.3 is 10.6 Å². The van der Waals surface area contributed by atoms with Crippen molar-refractivity contribution in [3.05, 3.63) is 88.9 Å². The van der Waals surface area contributed by atoms with Crippen LogP contribution in [0.1, 0.15) is 15.9 Å². The minimum Gasteiger partial charge on any atom is -0.325 e. The molecular formula is C22H19ClN2O2S. The van der Waals surface area contributed by atoms with Crippen molar-refractivity contribution in [2.45, 2.75) is 11.8 Å². The highest BCUT2D eigenvalue weighted by Gasteiger charge is 2.13. The number of anilines is 2. The Balaban J connectivity index is 1.64. The van der Waals surface area contributed by atoms with Crippen LogP contribution in [0.5, 0.6) is 0 Å². The van der Waals surface area contributed by atoms with Crippen molar-refractivity contribution in [3.63, 3.8) is 0 Å². The standard InChI is InChI=1S/C22H19ClN2O2S/c1-15-9-11-17(12-10-15)24-21(26)14-28-20-8-3-2-7-19(20)22(27)25-18-6-4-5-16(23)13-18/h2-13H,14H2,1H3,(H,24,26)(H,25,27). The topological polar surface area (TPSA) is 58.2 Å². The molecule has 0 unspecified atom stereocenters. The maximum atomic E-state index is 12.6. The number of carbonyl (C=O) groups is 2. The second kappa shape index (κ2) is 9.44. The van der Waals surface area contributed by atoms with Crippen molar-refractivity contribution in [3.8, 4) is 0 Å². The maximum absolute atomic E-state index is 12.6. The van der Waals surface area contributed by atoms with Crippen molar-refractivity contribution < 1.29 is 9.59 Å². The fourth-order valence-electron chi connectivity index (χ4n) is 2.52. The molecule has 0 radical (unpaired) electrons. The van der Waals surface area contributed by atoms with E-state index in [1.54, 1.807) is 36.4 Å². The third-order valence-corrected chi connectivity index (χ3v) is 5.22. The molecule has 6 heteroatoms. The van der Waals surface area contributed by atoms with Gasteiger partial charge in [-0.05, 0) is 49.4 Å². The number of benzene rings is 3. The van der Waals surface area contributed by atoms with Crippen molar-refractivity contribution in [2.75, 3.05) is 16.4 Å². The summed E-state index contributed by atoms with van der Waals surface area (Å²) < 4.78 is 0. The Morgan fingerprint density at radius 3 is 2.39 bits per heavy atom. The molecule has 4 nitrogen and oxygen atoms in total. The van der Waals surface area contributed by atoms with Crippen molar-refractivity contribution >= 4 is 46.6 Å². The third kappa shape index (κ3) is 5.62. The van der Waals surface area contributed by atoms with Crippen LogP contribution in [0.25, 0.3) is 0 Å². The van der Waals surface area contributed by atoms with E-state index < -0.39 is 0 Å². The van der Waals surface area contributed by atoms with Gasteiger partial charge in [0.15, 0.2) is 0 Å². The molecule has 3 aromatic rings. The van der Waals surface area contributed by atoms with Crippen LogP contribution in [0.4, 0.5) is 11.4 Å². The second-order valence-electron chi connectivity index (χ2n) is 6.16. The molecule has 0 atom stereocenters. The molecule has 0 spiro atoms. The Bertz CT molecular complexity index is 990. The fourth-order valence-corrected chi connectivity index (χ4v) is 3.56. The van der Waals surface area contributed by atoms with E-state index in [9.17, 15) is 9.59 Å². The Hall–Kier alpha value is -2.76. The molecule has 0 saturated heterocycles. The number of carbonyl (C=O) groups excluding carboxylic acids is 2. The van der Waals surface area contributed by atoms with Crippen LogP contribution in [-0.2, 0) is 4.79 Å². The van der Waals surface area contributed by atoms with Gasteiger partial charge in [0.05, 0.1) is 11.3 Å². The molecule has 2 N–H and O–H groups in total. The average molecular weight is 411 g/mol. The van der Waals surface area contributed by atoms with Crippen molar-refractivity contribution in [1.82, 2.24) is 0 Å². The molecule has 3 aromatic carbocycles. The van der Waals surface area contributed by atoms with E-state index in [4.69, 9.17) is 11.6 Å². The van der Waals surface area contributed by atoms with Gasteiger partial charge in [-0.25, -0.2) is 0 Å². The summed E-state index contributed by atoms with van der Waals surface area (Å²) >= 11 is 7.29. The van der Waals surface area contributed by atoms with Crippen molar-refractivity contribution in [1.29, 1.82) is 0 Å². The highest BCUT2D eigenvalue weighted by Crippen LogP contribution is 2.24. The lowest BCUT2D eigenvalue weighted by Crippen LogP contribution is -2.15. The Labute approximate surface area is 173 Å². The number of amides is 2. The van der Waals surface area contributed by atoms with E-state index in [-0.39, 0.29) is 17.6 Å². The molecule has 3 rings (SSSR count). The lowest BCUT2D eigenvalue weighted by Gasteiger charge is -2.10. The van der Waals surface area contributed by atoms with Gasteiger partial charge in [-0.1, -0.05) is 47.5 Å². The van der Waals surface area contributed by atoms with Gasteiger partial charge in [0.2, 0.25) is 5.91 Å². The minimum atomic E-state index is -0.246. The van der Waals surface area contributed by atoms with Gasteiger partial charge in [-0.3, -0.25) is 9.59 Å². The van der Waals surface area contributed by atoms with E-state index in [0.717, 1.165) is 16.1 Å². The number of nitrogens with one attached hydrogen (secondary N) is 2. The average Bonchev–Trinajstić information content (AvgIpc) is 2.68. The second-order valence-corrected chi connectivity index (χ2v) is 7.62. The predicted octanol–water partition coefficient (Wildman–Crippen LogP) is 5.63. The highest BCUT2D eigenvalue weighted by atomic mass is 35.5. The van der Waals surface area contributed by atoms with Crippen molar-refractivity contribution in [2.24, 2.45) is 0 Å². The molecule has 2 amide bonds. The fraction of sp³-hybridized carbons (Fsp3) is 0.0909. The number of aryl methyl sites for hydroxylation is 1. The molecule has 0 aliphatic carbocycles. The molecule has 0 aromatic heterocycles. The Morgan fingerprint density at radius 1 is 0.893 bits per heavy atom. The number of halogens is 1. The van der Waals surface area contributed by atoms with Gasteiger partial charge >= 0.3 is 0 Å². The number of hydrogen-bond acceptors (Lipinski definition) is 3. The zero-order chi connectivity index (χ0) is 19.9. The van der Waals surface area contributed by atoms with Crippen LogP contribution in [0.3, 0.4) is 0 Å². The summed E-state index contributed by atoms with van der Waals surface area (Å²) in [5, 5.41) is 6.24. The highest BCUT2D eigenvalue weighted by molar-refractivity contribution is 8.00. The summed E-state index contributed by atoms with van der Waals surface area (Å²) in [5.74, 6) is -0.168. The number of hydrogen-bond donors (Lipinski definition) is 2. The molecule has 0 aliphatic rings. The van der Waals surface area contributed by atoms with Gasteiger partial charge in [0, 0.05) is 21.3 Å². The smallest absolute Gasteiger partial charge is 0.256 e. The summed E-state index contributed by atoms with van der Waals surface area (Å²) in [4.78, 5) is 25.6. The van der Waals surface area contributed by atoms with Crippen LogP contribution >= 0.6 is 23.4 Å². The monoisotopic (exact) mass is 410 g/mol. The quantitative estimate of drug-likeness (QED) is 0.517. The molecule has 142 valence electrons. The lowest BCUT2D eigenvalue weighted by molar-refractivity contribution is -0.113. The zero-order valence-corrected chi connectivity index (χ0v) is 16.8. The first kappa shape index (κ1) is 20.0. The third-order valence-electron chi connectivity index (χ3n) is 3.91. The number of rotatable bonds is 6. The predicted molar refractivity (Wildman–Crippen MR) is 116 cm³/mol. The first-order valence-corrected chi connectivity index (χ1v) is 10.0. The zero-order valence-electron chi connectivity index (χ0n) is 15.2. The van der Waals surface area contributed by atoms with Crippen LogP contribution in [0.15, 0.2) is 77.7 Å². The minimum absolute atomic E-state index is 0.126. The van der Waals surface area contributed by atoms with Crippen LogP contribution in [0, 0.1) is 6.92 Å². The van der Waals surface area contributed by atoms with Gasteiger partial charge in [0.1, 0.15) is 0 Å². The van der Waals surface area contributed by atoms with Crippen LogP contribution in [0.2, 0.25) is 5.02 Å². The molecule has 0 bridgehead atoms. The van der Waals surface area contributed by atoms with Gasteiger partial charge in [-0.2, -0.15) is 0 Å². The first-order chi connectivity index (χ1) is 13.5. The Morgan fingerprint density at radius 2 is 1.64 bits per heavy atom. The van der Waals surface area contributed by atoms with Gasteiger partial charge in [0.25, 0.3) is 5.91 Å². The van der Waals surface area contributed by atoms with Crippen LogP contribution < -0.4 is 10.6 Å². The van der Waals surface area contributed by atoms with Crippen LogP contribution in [-0.4, -0.2) is 17.6 Å². The van der Waals surface area contributed by atoms with Gasteiger partial charge in [-0.15, -0.1) is 11.8 Å². The summed E-state index contributed by atoms with van der Waals surface area (Å²) in [6, 6.07) is 21.8. The first-order valence-electron chi connectivity index (χ1n) is 8.66. The summed E-state index contributed by atoms with van der Waals surface area (Å²) in [6.07, 6.45) is 0. The molecule has 28 heavy (non-hydrogen) atoms. The van der Waals surface area contributed by atoms with E-state index in [1.165, 1.54) is 11.8 Å². The largest absolute Gasteiger partial charge is 0.325 e. The van der Waals surface area contributed by atoms with E-state index in [0.29, 0.717) is 16.3 Å². The summed E-state index contributed by atoms with van der Waals surface area (Å²) in [6.45, 7) is 1.99. The lowest BCUT2D eigenvalue weighted by atomic mass is 10.2. The van der Waals surface area contributed by atoms with E-state index in [2.05, 4.69) is 10.6 Å². The number of thioether (sulfide) groups is 1. The maximum Gasteiger partial charge on any atom is 0.256 e. The molecule has 0 aliphatic heterocycles. The summed E-state index contributed by atoms with van der Waals surface area (Å²) in [7, 11) is 0. The van der Waals surface area contributed by atoms with E-state index in [1.807, 2.05) is 43.3 Å². The molecular weight excluding hydrogens is 392 g/mol. The SMILES string of the molecule is Cc1ccc(NC(=O)CSc2ccccc2C(=O)Nc2cccc(Cl)c2)cc1. The normalized spacial score (nSPS) is 10.4. The van der Waals surface area contributed by atoms with E-state index >= 15 is 0 Å². The molecule has 0 heterocycles. The molecule has 0 fully saturated rings.